The van der Waals surface area contributed by atoms with Gasteiger partial charge in [0.15, 0.2) is 5.16 Å². The Morgan fingerprint density at radius 3 is 2.95 bits per heavy atom. The molecular weight excluding hydrogens is 260 g/mol. The molecule has 1 heterocycles. The van der Waals surface area contributed by atoms with Gasteiger partial charge in [-0.3, -0.25) is 4.79 Å². The summed E-state index contributed by atoms with van der Waals surface area (Å²) in [5, 5.41) is 0.558. The summed E-state index contributed by atoms with van der Waals surface area (Å²) in [6.45, 7) is 6.25. The second-order valence-corrected chi connectivity index (χ2v) is 5.52. The van der Waals surface area contributed by atoms with Crippen LogP contribution in [0.5, 0.6) is 0 Å². The lowest BCUT2D eigenvalue weighted by Gasteiger charge is -2.10. The van der Waals surface area contributed by atoms with Crippen LogP contribution in [0.2, 0.25) is 0 Å². The summed E-state index contributed by atoms with van der Waals surface area (Å²) in [4.78, 5) is 19.5. The third-order valence-corrected chi connectivity index (χ3v) is 4.02. The third-order valence-electron chi connectivity index (χ3n) is 2.79. The average molecular weight is 278 g/mol. The Kier molecular flexibility index (Phi) is 4.47. The van der Waals surface area contributed by atoms with Crippen molar-refractivity contribution in [3.63, 3.8) is 0 Å². The molecule has 1 unspecified atom stereocenters. The molecule has 0 spiro atoms. The maximum atomic E-state index is 11.8. The van der Waals surface area contributed by atoms with Crippen molar-refractivity contribution in [3.8, 4) is 0 Å². The van der Waals surface area contributed by atoms with Crippen LogP contribution < -0.4 is 0 Å². The van der Waals surface area contributed by atoms with Crippen LogP contribution in [-0.4, -0.2) is 27.8 Å². The Labute approximate surface area is 116 Å². The van der Waals surface area contributed by atoms with Crippen molar-refractivity contribution < 1.29 is 9.53 Å². The number of imidazole rings is 1. The van der Waals surface area contributed by atoms with Crippen molar-refractivity contribution in [1.29, 1.82) is 0 Å². The first-order valence-electron chi connectivity index (χ1n) is 6.43. The molecule has 0 fully saturated rings. The van der Waals surface area contributed by atoms with E-state index in [0.29, 0.717) is 6.61 Å². The van der Waals surface area contributed by atoms with Gasteiger partial charge in [0.05, 0.1) is 17.6 Å². The van der Waals surface area contributed by atoms with E-state index in [-0.39, 0.29) is 11.2 Å². The molecule has 1 aromatic heterocycles. The van der Waals surface area contributed by atoms with Gasteiger partial charge in [0.25, 0.3) is 0 Å². The highest BCUT2D eigenvalue weighted by atomic mass is 32.2. The number of esters is 1. The Balaban J connectivity index is 2.17. The van der Waals surface area contributed by atoms with E-state index in [1.165, 1.54) is 17.3 Å². The van der Waals surface area contributed by atoms with Crippen molar-refractivity contribution in [1.82, 2.24) is 9.97 Å². The summed E-state index contributed by atoms with van der Waals surface area (Å²) in [5.74, 6) is -0.174. The first-order chi connectivity index (χ1) is 9.13. The lowest BCUT2D eigenvalue weighted by molar-refractivity contribution is -0.142. The highest BCUT2D eigenvalue weighted by Gasteiger charge is 2.20. The minimum absolute atomic E-state index is 0.174. The molecule has 0 aliphatic rings. The Morgan fingerprint density at radius 2 is 2.26 bits per heavy atom. The molecule has 19 heavy (non-hydrogen) atoms. The SMILES string of the molecule is CCOC(=O)C(CC)Sc1nc2ccc(C)cc2[nH]1. The Bertz CT molecular complexity index is 580. The highest BCUT2D eigenvalue weighted by Crippen LogP contribution is 2.26. The van der Waals surface area contributed by atoms with E-state index in [9.17, 15) is 4.79 Å². The second kappa shape index (κ2) is 6.10. The van der Waals surface area contributed by atoms with Crippen LogP contribution in [0, 0.1) is 6.92 Å². The second-order valence-electron chi connectivity index (χ2n) is 4.33. The van der Waals surface area contributed by atoms with Crippen molar-refractivity contribution >= 4 is 28.8 Å². The van der Waals surface area contributed by atoms with Gasteiger partial charge in [-0.15, -0.1) is 0 Å². The number of ether oxygens (including phenoxy) is 1. The van der Waals surface area contributed by atoms with Gasteiger partial charge >= 0.3 is 5.97 Å². The van der Waals surface area contributed by atoms with Crippen LogP contribution in [0.3, 0.4) is 0 Å². The van der Waals surface area contributed by atoms with E-state index in [0.717, 1.165) is 22.6 Å². The van der Waals surface area contributed by atoms with Crippen LogP contribution in [0.25, 0.3) is 11.0 Å². The number of fused-ring (bicyclic) bond motifs is 1. The Morgan fingerprint density at radius 1 is 1.47 bits per heavy atom. The largest absolute Gasteiger partial charge is 0.465 e. The number of thioether (sulfide) groups is 1. The fraction of sp³-hybridized carbons (Fsp3) is 0.429. The molecule has 4 nitrogen and oxygen atoms in total. The third kappa shape index (κ3) is 3.29. The molecule has 0 aliphatic heterocycles. The Hall–Kier alpha value is -1.49. The first-order valence-corrected chi connectivity index (χ1v) is 7.31. The fourth-order valence-corrected chi connectivity index (χ4v) is 2.74. The van der Waals surface area contributed by atoms with E-state index in [1.807, 2.05) is 32.9 Å². The lowest BCUT2D eigenvalue weighted by atomic mass is 10.2. The minimum atomic E-state index is -0.207. The van der Waals surface area contributed by atoms with Crippen molar-refractivity contribution in [2.75, 3.05) is 6.61 Å². The molecule has 0 radical (unpaired) electrons. The predicted molar refractivity (Wildman–Crippen MR) is 77.4 cm³/mol. The fourth-order valence-electron chi connectivity index (χ4n) is 1.82. The van der Waals surface area contributed by atoms with E-state index >= 15 is 0 Å². The lowest BCUT2D eigenvalue weighted by Crippen LogP contribution is -2.19. The van der Waals surface area contributed by atoms with E-state index in [2.05, 4.69) is 16.0 Å². The van der Waals surface area contributed by atoms with Crippen molar-refractivity contribution in [2.45, 2.75) is 37.6 Å². The van der Waals surface area contributed by atoms with Crippen LogP contribution in [0.1, 0.15) is 25.8 Å². The summed E-state index contributed by atoms with van der Waals surface area (Å²) in [7, 11) is 0. The van der Waals surface area contributed by atoms with Crippen molar-refractivity contribution in [2.24, 2.45) is 0 Å². The summed E-state index contributed by atoms with van der Waals surface area (Å²) < 4.78 is 5.06. The molecule has 0 aliphatic carbocycles. The molecule has 102 valence electrons. The maximum absolute atomic E-state index is 11.8. The standard InChI is InChI=1S/C14H18N2O2S/c1-4-12(13(17)18-5-2)19-14-15-10-7-6-9(3)8-11(10)16-14/h6-8,12H,4-5H2,1-3H3,(H,15,16). The van der Waals surface area contributed by atoms with Gasteiger partial charge in [-0.05, 0) is 38.0 Å². The van der Waals surface area contributed by atoms with Crippen LogP contribution in [0.15, 0.2) is 23.4 Å². The summed E-state index contributed by atoms with van der Waals surface area (Å²) in [5.41, 5.74) is 3.11. The van der Waals surface area contributed by atoms with Crippen LogP contribution in [0.4, 0.5) is 0 Å². The molecule has 1 N–H and O–H groups in total. The number of aromatic amines is 1. The van der Waals surface area contributed by atoms with Gasteiger partial charge < -0.3 is 9.72 Å². The number of nitrogens with one attached hydrogen (secondary N) is 1. The minimum Gasteiger partial charge on any atom is -0.465 e. The normalized spacial score (nSPS) is 12.6. The summed E-state index contributed by atoms with van der Waals surface area (Å²) >= 11 is 1.43. The molecule has 0 saturated heterocycles. The van der Waals surface area contributed by atoms with E-state index in [4.69, 9.17) is 4.74 Å². The number of benzene rings is 1. The zero-order valence-electron chi connectivity index (χ0n) is 11.4. The monoisotopic (exact) mass is 278 g/mol. The van der Waals surface area contributed by atoms with Crippen molar-refractivity contribution in [3.05, 3.63) is 23.8 Å². The summed E-state index contributed by atoms with van der Waals surface area (Å²) in [6, 6.07) is 6.06. The number of aromatic nitrogens is 2. The molecule has 2 aromatic rings. The zero-order chi connectivity index (χ0) is 13.8. The number of rotatable bonds is 5. The topological polar surface area (TPSA) is 55.0 Å². The van der Waals surface area contributed by atoms with Gasteiger partial charge in [-0.25, -0.2) is 4.98 Å². The average Bonchev–Trinajstić information content (AvgIpc) is 2.77. The quantitative estimate of drug-likeness (QED) is 0.673. The molecule has 2 rings (SSSR count). The molecule has 0 saturated carbocycles. The number of H-pyrrole nitrogens is 1. The zero-order valence-corrected chi connectivity index (χ0v) is 12.2. The smallest absolute Gasteiger partial charge is 0.319 e. The number of hydrogen-bond donors (Lipinski definition) is 1. The molecule has 0 bridgehead atoms. The van der Waals surface area contributed by atoms with Gasteiger partial charge in [-0.1, -0.05) is 24.8 Å². The van der Waals surface area contributed by atoms with Gasteiger partial charge in [0, 0.05) is 0 Å². The van der Waals surface area contributed by atoms with Gasteiger partial charge in [0.2, 0.25) is 0 Å². The first kappa shape index (κ1) is 13.9. The number of carbonyl (C=O) groups is 1. The number of aryl methyl sites for hydroxylation is 1. The van der Waals surface area contributed by atoms with E-state index < -0.39 is 0 Å². The molecule has 0 amide bonds. The number of carbonyl (C=O) groups excluding carboxylic acids is 1. The molecule has 1 aromatic carbocycles. The van der Waals surface area contributed by atoms with Gasteiger partial charge in [0.1, 0.15) is 5.25 Å². The van der Waals surface area contributed by atoms with Gasteiger partial charge in [-0.2, -0.15) is 0 Å². The van der Waals surface area contributed by atoms with E-state index in [1.54, 1.807) is 0 Å². The number of hydrogen-bond acceptors (Lipinski definition) is 4. The van der Waals surface area contributed by atoms with Crippen LogP contribution >= 0.6 is 11.8 Å². The molecular formula is C14H18N2O2S. The maximum Gasteiger partial charge on any atom is 0.319 e. The molecule has 1 atom stereocenters. The van der Waals surface area contributed by atoms with Crippen LogP contribution in [-0.2, 0) is 9.53 Å². The molecule has 5 heteroatoms. The highest BCUT2D eigenvalue weighted by molar-refractivity contribution is 8.00. The summed E-state index contributed by atoms with van der Waals surface area (Å²) in [6.07, 6.45) is 0.722. The predicted octanol–water partition coefficient (Wildman–Crippen LogP) is 3.31. The number of nitrogens with zero attached hydrogens (tertiary/aromatic N) is 1.